The Hall–Kier alpha value is -1.39. The van der Waals surface area contributed by atoms with Gasteiger partial charge in [0.2, 0.25) is 0 Å². The maximum Gasteiger partial charge on any atom is 0.251 e. The molecule has 4 nitrogen and oxygen atoms in total. The highest BCUT2D eigenvalue weighted by molar-refractivity contribution is 5.94. The quantitative estimate of drug-likeness (QED) is 0.770. The van der Waals surface area contributed by atoms with Crippen LogP contribution in [0.4, 0.5) is 0 Å². The molecule has 146 valence electrons. The Morgan fingerprint density at radius 1 is 1.19 bits per heavy atom. The van der Waals surface area contributed by atoms with Crippen LogP contribution in [0.25, 0.3) is 0 Å². The highest BCUT2D eigenvalue weighted by Gasteiger charge is 2.21. The van der Waals surface area contributed by atoms with Gasteiger partial charge in [0.05, 0.1) is 0 Å². The van der Waals surface area contributed by atoms with Crippen molar-refractivity contribution in [2.24, 2.45) is 11.8 Å². The topological polar surface area (TPSA) is 35.6 Å². The molecule has 1 aliphatic rings. The lowest BCUT2D eigenvalue weighted by Gasteiger charge is -2.34. The van der Waals surface area contributed by atoms with Crippen molar-refractivity contribution in [2.45, 2.75) is 53.6 Å². The first-order chi connectivity index (χ1) is 12.4. The van der Waals surface area contributed by atoms with Crippen LogP contribution in [0.1, 0.15) is 57.0 Å². The van der Waals surface area contributed by atoms with Gasteiger partial charge in [0.15, 0.2) is 0 Å². The number of nitrogens with zero attached hydrogens (tertiary/aromatic N) is 2. The van der Waals surface area contributed by atoms with Crippen molar-refractivity contribution in [3.05, 3.63) is 35.4 Å². The van der Waals surface area contributed by atoms with Crippen LogP contribution in [-0.2, 0) is 6.54 Å². The standard InChI is InChI=1S/C22H37N3O/c1-6-25(17(2)3)16-20-7-9-21(10-8-20)22(26)23-11-12-24-14-18(4)13-19(5)15-24/h7-10,17-19H,6,11-16H2,1-5H3,(H,23,26). The first kappa shape index (κ1) is 20.9. The van der Waals surface area contributed by atoms with E-state index >= 15 is 0 Å². The van der Waals surface area contributed by atoms with Gasteiger partial charge in [0, 0.05) is 44.3 Å². The number of piperidine rings is 1. The summed E-state index contributed by atoms with van der Waals surface area (Å²) in [5.74, 6) is 1.55. The molecule has 1 amide bonds. The summed E-state index contributed by atoms with van der Waals surface area (Å²) in [6.07, 6.45) is 1.32. The SMILES string of the molecule is CCN(Cc1ccc(C(=O)NCCN2CC(C)CC(C)C2)cc1)C(C)C. The fourth-order valence-corrected chi connectivity index (χ4v) is 4.06. The zero-order valence-electron chi connectivity index (χ0n) is 17.3. The van der Waals surface area contributed by atoms with E-state index in [2.05, 4.69) is 61.9 Å². The smallest absolute Gasteiger partial charge is 0.251 e. The van der Waals surface area contributed by atoms with E-state index < -0.39 is 0 Å². The zero-order chi connectivity index (χ0) is 19.1. The van der Waals surface area contributed by atoms with Crippen molar-refractivity contribution in [1.29, 1.82) is 0 Å². The van der Waals surface area contributed by atoms with Gasteiger partial charge in [-0.2, -0.15) is 0 Å². The van der Waals surface area contributed by atoms with Crippen LogP contribution in [0.5, 0.6) is 0 Å². The summed E-state index contributed by atoms with van der Waals surface area (Å²) in [6.45, 7) is 17.2. The van der Waals surface area contributed by atoms with Crippen molar-refractivity contribution in [1.82, 2.24) is 15.1 Å². The van der Waals surface area contributed by atoms with E-state index in [0.717, 1.165) is 56.7 Å². The molecule has 1 aliphatic heterocycles. The molecular weight excluding hydrogens is 322 g/mol. The van der Waals surface area contributed by atoms with Crippen LogP contribution in [0.2, 0.25) is 0 Å². The molecule has 1 heterocycles. The molecule has 2 unspecified atom stereocenters. The molecule has 0 radical (unpaired) electrons. The Morgan fingerprint density at radius 2 is 1.81 bits per heavy atom. The van der Waals surface area contributed by atoms with E-state index in [0.29, 0.717) is 6.04 Å². The molecule has 1 fully saturated rings. The van der Waals surface area contributed by atoms with Gasteiger partial charge in [0.25, 0.3) is 5.91 Å². The number of likely N-dealkylation sites (tertiary alicyclic amines) is 1. The highest BCUT2D eigenvalue weighted by Crippen LogP contribution is 2.20. The Balaban J connectivity index is 1.78. The van der Waals surface area contributed by atoms with Crippen molar-refractivity contribution >= 4 is 5.91 Å². The minimum absolute atomic E-state index is 0.0332. The average molecular weight is 360 g/mol. The summed E-state index contributed by atoms with van der Waals surface area (Å²) in [5, 5.41) is 3.07. The number of amides is 1. The molecule has 1 aromatic carbocycles. The third-order valence-corrected chi connectivity index (χ3v) is 5.40. The summed E-state index contributed by atoms with van der Waals surface area (Å²) >= 11 is 0. The summed E-state index contributed by atoms with van der Waals surface area (Å²) in [6, 6.07) is 8.58. The van der Waals surface area contributed by atoms with Crippen LogP contribution in [0.3, 0.4) is 0 Å². The second-order valence-corrected chi connectivity index (χ2v) is 8.32. The molecule has 0 bridgehead atoms. The number of carbonyl (C=O) groups is 1. The van der Waals surface area contributed by atoms with Gasteiger partial charge >= 0.3 is 0 Å². The van der Waals surface area contributed by atoms with E-state index in [9.17, 15) is 4.79 Å². The molecule has 2 rings (SSSR count). The van der Waals surface area contributed by atoms with Gasteiger partial charge in [-0.05, 0) is 56.3 Å². The van der Waals surface area contributed by atoms with E-state index in [1.807, 2.05) is 12.1 Å². The molecule has 0 aromatic heterocycles. The van der Waals surface area contributed by atoms with E-state index in [-0.39, 0.29) is 5.91 Å². The molecule has 2 atom stereocenters. The van der Waals surface area contributed by atoms with Gasteiger partial charge in [-0.3, -0.25) is 9.69 Å². The van der Waals surface area contributed by atoms with Crippen molar-refractivity contribution in [3.63, 3.8) is 0 Å². The minimum Gasteiger partial charge on any atom is -0.351 e. The third-order valence-electron chi connectivity index (χ3n) is 5.40. The summed E-state index contributed by atoms with van der Waals surface area (Å²) in [7, 11) is 0. The van der Waals surface area contributed by atoms with Gasteiger partial charge in [-0.15, -0.1) is 0 Å². The number of carbonyl (C=O) groups excluding carboxylic acids is 1. The lowest BCUT2D eigenvalue weighted by molar-refractivity contribution is 0.0936. The van der Waals surface area contributed by atoms with E-state index in [1.165, 1.54) is 12.0 Å². The van der Waals surface area contributed by atoms with Crippen molar-refractivity contribution < 1.29 is 4.79 Å². The maximum absolute atomic E-state index is 12.4. The molecule has 26 heavy (non-hydrogen) atoms. The van der Waals surface area contributed by atoms with Gasteiger partial charge < -0.3 is 10.2 Å². The molecule has 1 aromatic rings. The summed E-state index contributed by atoms with van der Waals surface area (Å²) < 4.78 is 0. The van der Waals surface area contributed by atoms with Crippen LogP contribution in [0.15, 0.2) is 24.3 Å². The Labute approximate surface area is 159 Å². The summed E-state index contributed by atoms with van der Waals surface area (Å²) in [5.41, 5.74) is 2.01. The molecule has 0 aliphatic carbocycles. The minimum atomic E-state index is 0.0332. The molecule has 1 saturated heterocycles. The summed E-state index contributed by atoms with van der Waals surface area (Å²) in [4.78, 5) is 17.3. The van der Waals surface area contributed by atoms with Crippen LogP contribution in [0, 0.1) is 11.8 Å². The average Bonchev–Trinajstić information content (AvgIpc) is 2.59. The largest absolute Gasteiger partial charge is 0.351 e. The molecular formula is C22H37N3O. The zero-order valence-corrected chi connectivity index (χ0v) is 17.3. The van der Waals surface area contributed by atoms with Crippen molar-refractivity contribution in [2.75, 3.05) is 32.7 Å². The number of benzene rings is 1. The Bertz CT molecular complexity index is 545. The van der Waals surface area contributed by atoms with Crippen LogP contribution >= 0.6 is 0 Å². The van der Waals surface area contributed by atoms with Crippen molar-refractivity contribution in [3.8, 4) is 0 Å². The van der Waals surface area contributed by atoms with E-state index in [4.69, 9.17) is 0 Å². The monoisotopic (exact) mass is 359 g/mol. The molecule has 4 heteroatoms. The predicted molar refractivity (Wildman–Crippen MR) is 109 cm³/mol. The van der Waals surface area contributed by atoms with Gasteiger partial charge in [-0.1, -0.05) is 32.9 Å². The second-order valence-electron chi connectivity index (χ2n) is 8.32. The first-order valence-electron chi connectivity index (χ1n) is 10.2. The van der Waals surface area contributed by atoms with Crippen LogP contribution in [-0.4, -0.2) is 54.5 Å². The molecule has 1 N–H and O–H groups in total. The lowest BCUT2D eigenvalue weighted by Crippen LogP contribution is -2.42. The van der Waals surface area contributed by atoms with Crippen LogP contribution < -0.4 is 5.32 Å². The maximum atomic E-state index is 12.4. The van der Waals surface area contributed by atoms with Gasteiger partial charge in [-0.25, -0.2) is 0 Å². The third kappa shape index (κ3) is 6.40. The lowest BCUT2D eigenvalue weighted by atomic mass is 9.92. The van der Waals surface area contributed by atoms with Gasteiger partial charge in [0.1, 0.15) is 0 Å². The fourth-order valence-electron chi connectivity index (χ4n) is 4.06. The first-order valence-corrected chi connectivity index (χ1v) is 10.2. The number of hydrogen-bond donors (Lipinski definition) is 1. The Kier molecular flexibility index (Phi) is 8.11. The number of hydrogen-bond acceptors (Lipinski definition) is 3. The predicted octanol–water partition coefficient (Wildman–Crippen LogP) is 3.62. The molecule has 0 spiro atoms. The highest BCUT2D eigenvalue weighted by atomic mass is 16.1. The number of nitrogens with one attached hydrogen (secondary N) is 1. The fraction of sp³-hybridized carbons (Fsp3) is 0.682. The second kappa shape index (κ2) is 10.1. The molecule has 0 saturated carbocycles. The Morgan fingerprint density at radius 3 is 2.35 bits per heavy atom. The normalized spacial score (nSPS) is 21.3. The number of rotatable bonds is 8. The van der Waals surface area contributed by atoms with E-state index in [1.54, 1.807) is 0 Å².